The zero-order chi connectivity index (χ0) is 16.4. The van der Waals surface area contributed by atoms with Crippen molar-refractivity contribution in [2.75, 3.05) is 20.7 Å². The Morgan fingerprint density at radius 3 is 2.73 bits per heavy atom. The number of guanidine groups is 1. The second kappa shape index (κ2) is 10.2. The second-order valence-electron chi connectivity index (χ2n) is 5.75. The first-order valence-electron chi connectivity index (χ1n) is 7.77. The monoisotopic (exact) mass is 309 g/mol. The van der Waals surface area contributed by atoms with Gasteiger partial charge in [-0.2, -0.15) is 0 Å². The van der Waals surface area contributed by atoms with Crippen LogP contribution in [0, 0.1) is 11.7 Å². The molecule has 0 amide bonds. The van der Waals surface area contributed by atoms with E-state index >= 15 is 0 Å². The maximum Gasteiger partial charge on any atom is 0.191 e. The van der Waals surface area contributed by atoms with Gasteiger partial charge in [0.1, 0.15) is 5.82 Å². The smallest absolute Gasteiger partial charge is 0.191 e. The summed E-state index contributed by atoms with van der Waals surface area (Å²) < 4.78 is 18.6. The van der Waals surface area contributed by atoms with Crippen LogP contribution in [0.4, 0.5) is 4.39 Å². The van der Waals surface area contributed by atoms with Gasteiger partial charge >= 0.3 is 0 Å². The lowest BCUT2D eigenvalue weighted by atomic mass is 10.1. The normalized spacial score (nSPS) is 11.8. The van der Waals surface area contributed by atoms with Crippen LogP contribution >= 0.6 is 0 Å². The highest BCUT2D eigenvalue weighted by molar-refractivity contribution is 5.79. The molecule has 0 radical (unpaired) electrons. The van der Waals surface area contributed by atoms with Gasteiger partial charge in [-0.1, -0.05) is 19.9 Å². The molecule has 0 aromatic heterocycles. The third-order valence-electron chi connectivity index (χ3n) is 3.34. The van der Waals surface area contributed by atoms with Gasteiger partial charge in [-0.25, -0.2) is 4.39 Å². The Bertz CT molecular complexity index is 475. The van der Waals surface area contributed by atoms with Crippen molar-refractivity contribution in [3.8, 4) is 0 Å². The van der Waals surface area contributed by atoms with E-state index in [1.165, 1.54) is 12.5 Å². The van der Waals surface area contributed by atoms with Crippen LogP contribution in [0.15, 0.2) is 23.2 Å². The molecule has 1 aromatic rings. The summed E-state index contributed by atoms with van der Waals surface area (Å²) in [6.45, 7) is 6.22. The Kier molecular flexibility index (Phi) is 8.51. The molecule has 22 heavy (non-hydrogen) atoms. The van der Waals surface area contributed by atoms with Crippen LogP contribution in [0.5, 0.6) is 0 Å². The third kappa shape index (κ3) is 6.89. The molecule has 2 N–H and O–H groups in total. The predicted octanol–water partition coefficient (Wildman–Crippen LogP) is 3.07. The van der Waals surface area contributed by atoms with Crippen LogP contribution in [0.25, 0.3) is 0 Å². The zero-order valence-corrected chi connectivity index (χ0v) is 14.1. The van der Waals surface area contributed by atoms with Crippen molar-refractivity contribution in [3.05, 3.63) is 35.1 Å². The quantitative estimate of drug-likeness (QED) is 0.441. The lowest BCUT2D eigenvalue weighted by Gasteiger charge is -2.13. The van der Waals surface area contributed by atoms with Gasteiger partial charge in [-0.05, 0) is 36.5 Å². The Morgan fingerprint density at radius 1 is 1.32 bits per heavy atom. The summed E-state index contributed by atoms with van der Waals surface area (Å²) in [5.41, 5.74) is 1.57. The maximum absolute atomic E-state index is 13.6. The van der Waals surface area contributed by atoms with Crippen molar-refractivity contribution in [2.24, 2.45) is 10.9 Å². The Labute approximate surface area is 133 Å². The summed E-state index contributed by atoms with van der Waals surface area (Å²) in [4.78, 5) is 4.19. The molecule has 0 aliphatic heterocycles. The molecule has 0 heterocycles. The molecule has 0 aliphatic rings. The van der Waals surface area contributed by atoms with E-state index in [-0.39, 0.29) is 12.4 Å². The Hall–Kier alpha value is -1.62. The van der Waals surface area contributed by atoms with Gasteiger partial charge in [0, 0.05) is 32.8 Å². The molecular formula is C17H28FN3O. The number of methoxy groups -OCH3 is 1. The zero-order valence-electron chi connectivity index (χ0n) is 14.1. The molecular weight excluding hydrogens is 281 g/mol. The number of hydrogen-bond donors (Lipinski definition) is 2. The molecule has 124 valence electrons. The van der Waals surface area contributed by atoms with E-state index in [0.717, 1.165) is 30.4 Å². The van der Waals surface area contributed by atoms with Crippen LogP contribution in [0.2, 0.25) is 0 Å². The molecule has 1 aromatic carbocycles. The first-order chi connectivity index (χ1) is 10.6. The molecule has 0 saturated heterocycles. The van der Waals surface area contributed by atoms with Crippen molar-refractivity contribution in [1.82, 2.24) is 10.6 Å². The number of ether oxygens (including phenoxy) is 1. The van der Waals surface area contributed by atoms with Gasteiger partial charge in [0.25, 0.3) is 0 Å². The minimum Gasteiger partial charge on any atom is -0.380 e. The van der Waals surface area contributed by atoms with Crippen molar-refractivity contribution < 1.29 is 9.13 Å². The van der Waals surface area contributed by atoms with Crippen LogP contribution in [-0.4, -0.2) is 26.7 Å². The van der Waals surface area contributed by atoms with Crippen LogP contribution < -0.4 is 10.6 Å². The average Bonchev–Trinajstić information content (AvgIpc) is 2.49. The van der Waals surface area contributed by atoms with Crippen molar-refractivity contribution in [1.29, 1.82) is 0 Å². The largest absolute Gasteiger partial charge is 0.380 e. The number of halogens is 1. The summed E-state index contributed by atoms with van der Waals surface area (Å²) in [5, 5.41) is 6.52. The summed E-state index contributed by atoms with van der Waals surface area (Å²) in [7, 11) is 3.31. The molecule has 0 fully saturated rings. The summed E-state index contributed by atoms with van der Waals surface area (Å²) in [6, 6.07) is 5.07. The Balaban J connectivity index is 2.44. The second-order valence-corrected chi connectivity index (χ2v) is 5.75. The van der Waals surface area contributed by atoms with E-state index in [1.54, 1.807) is 20.2 Å². The molecule has 0 saturated carbocycles. The summed E-state index contributed by atoms with van der Waals surface area (Å²) in [5.74, 6) is 1.25. The van der Waals surface area contributed by atoms with Crippen molar-refractivity contribution in [3.63, 3.8) is 0 Å². The number of aliphatic imine (C=N–C) groups is 1. The van der Waals surface area contributed by atoms with E-state index in [0.29, 0.717) is 12.1 Å². The lowest BCUT2D eigenvalue weighted by Crippen LogP contribution is -2.37. The topological polar surface area (TPSA) is 45.7 Å². The molecule has 4 nitrogen and oxygen atoms in total. The van der Waals surface area contributed by atoms with E-state index in [9.17, 15) is 4.39 Å². The average molecular weight is 309 g/mol. The van der Waals surface area contributed by atoms with Gasteiger partial charge in [-0.15, -0.1) is 0 Å². The van der Waals surface area contributed by atoms with Gasteiger partial charge < -0.3 is 15.4 Å². The van der Waals surface area contributed by atoms with Crippen LogP contribution in [0.1, 0.15) is 37.8 Å². The molecule has 5 heteroatoms. The Morgan fingerprint density at radius 2 is 2.09 bits per heavy atom. The molecule has 0 aliphatic carbocycles. The fourth-order valence-electron chi connectivity index (χ4n) is 2.13. The lowest BCUT2D eigenvalue weighted by molar-refractivity contribution is 0.181. The molecule has 0 spiro atoms. The summed E-state index contributed by atoms with van der Waals surface area (Å²) >= 11 is 0. The minimum atomic E-state index is -0.234. The standard InChI is InChI=1S/C17H28FN3O/c1-13(2)6-5-9-20-17(19-3)21-11-14-7-8-16(18)15(10-14)12-22-4/h7-8,10,13H,5-6,9,11-12H2,1-4H3,(H2,19,20,21). The minimum absolute atomic E-state index is 0.234. The first-order valence-corrected chi connectivity index (χ1v) is 7.77. The van der Waals surface area contributed by atoms with Gasteiger partial charge in [0.15, 0.2) is 5.96 Å². The van der Waals surface area contributed by atoms with Gasteiger partial charge in [-0.3, -0.25) is 4.99 Å². The van der Waals surface area contributed by atoms with Crippen molar-refractivity contribution >= 4 is 5.96 Å². The van der Waals surface area contributed by atoms with Gasteiger partial charge in [0.05, 0.1) is 6.61 Å². The number of rotatable bonds is 8. The number of benzene rings is 1. The first kappa shape index (κ1) is 18.4. The number of hydrogen-bond acceptors (Lipinski definition) is 2. The third-order valence-corrected chi connectivity index (χ3v) is 3.34. The van der Waals surface area contributed by atoms with E-state index in [4.69, 9.17) is 4.74 Å². The molecule has 0 bridgehead atoms. The van der Waals surface area contributed by atoms with Crippen LogP contribution in [-0.2, 0) is 17.9 Å². The van der Waals surface area contributed by atoms with E-state index < -0.39 is 0 Å². The molecule has 0 unspecified atom stereocenters. The summed E-state index contributed by atoms with van der Waals surface area (Å²) in [6.07, 6.45) is 2.31. The highest BCUT2D eigenvalue weighted by Crippen LogP contribution is 2.11. The molecule has 1 rings (SSSR count). The number of nitrogens with one attached hydrogen (secondary N) is 2. The van der Waals surface area contributed by atoms with E-state index in [1.807, 2.05) is 6.07 Å². The highest BCUT2D eigenvalue weighted by Gasteiger charge is 2.04. The SMILES string of the molecule is CN=C(NCCCC(C)C)NCc1ccc(F)c(COC)c1. The highest BCUT2D eigenvalue weighted by atomic mass is 19.1. The maximum atomic E-state index is 13.6. The fourth-order valence-corrected chi connectivity index (χ4v) is 2.13. The fraction of sp³-hybridized carbons (Fsp3) is 0.588. The van der Waals surface area contributed by atoms with E-state index in [2.05, 4.69) is 29.5 Å². The van der Waals surface area contributed by atoms with Gasteiger partial charge in [0.2, 0.25) is 0 Å². The molecule has 0 atom stereocenters. The van der Waals surface area contributed by atoms with Crippen molar-refractivity contribution in [2.45, 2.75) is 39.8 Å². The van der Waals surface area contributed by atoms with Crippen LogP contribution in [0.3, 0.4) is 0 Å². The number of nitrogens with zero attached hydrogens (tertiary/aromatic N) is 1. The predicted molar refractivity (Wildman–Crippen MR) is 89.4 cm³/mol.